The Morgan fingerprint density at radius 1 is 1.30 bits per heavy atom. The second-order valence-corrected chi connectivity index (χ2v) is 5.61. The lowest BCUT2D eigenvalue weighted by Crippen LogP contribution is -2.62. The SMILES string of the molecule is CCC1(O)CN(c2cc(C(F)(F)F)nc(-c3cccnc3)n2)C1. The lowest BCUT2D eigenvalue weighted by Gasteiger charge is -2.46. The molecule has 0 unspecified atom stereocenters. The van der Waals surface area contributed by atoms with Crippen LogP contribution in [0.25, 0.3) is 11.4 Å². The first-order chi connectivity index (χ1) is 10.8. The average molecular weight is 324 g/mol. The van der Waals surface area contributed by atoms with Crippen LogP contribution in [0.4, 0.5) is 19.0 Å². The maximum absolute atomic E-state index is 13.1. The number of halogens is 3. The van der Waals surface area contributed by atoms with Crippen LogP contribution >= 0.6 is 0 Å². The van der Waals surface area contributed by atoms with Crippen LogP contribution in [0.1, 0.15) is 19.0 Å². The van der Waals surface area contributed by atoms with Gasteiger partial charge in [-0.25, -0.2) is 9.97 Å². The molecule has 1 saturated heterocycles. The molecule has 2 aromatic heterocycles. The molecule has 3 rings (SSSR count). The molecule has 3 heterocycles. The molecule has 0 aromatic carbocycles. The molecule has 0 amide bonds. The van der Waals surface area contributed by atoms with E-state index in [4.69, 9.17) is 0 Å². The van der Waals surface area contributed by atoms with Gasteiger partial charge in [-0.15, -0.1) is 0 Å². The zero-order valence-electron chi connectivity index (χ0n) is 12.4. The van der Waals surface area contributed by atoms with Crippen LogP contribution in [0, 0.1) is 0 Å². The average Bonchev–Trinajstić information content (AvgIpc) is 2.51. The van der Waals surface area contributed by atoms with E-state index in [1.54, 1.807) is 17.0 Å². The van der Waals surface area contributed by atoms with E-state index in [0.29, 0.717) is 12.0 Å². The van der Waals surface area contributed by atoms with E-state index in [1.807, 2.05) is 6.92 Å². The number of pyridine rings is 1. The Morgan fingerprint density at radius 2 is 2.04 bits per heavy atom. The third kappa shape index (κ3) is 3.12. The second kappa shape index (κ2) is 5.45. The molecule has 2 aromatic rings. The molecule has 1 aliphatic rings. The maximum atomic E-state index is 13.1. The minimum atomic E-state index is -4.57. The fourth-order valence-electron chi connectivity index (χ4n) is 2.42. The molecule has 0 saturated carbocycles. The van der Waals surface area contributed by atoms with Gasteiger partial charge in [0.15, 0.2) is 11.5 Å². The largest absolute Gasteiger partial charge is 0.433 e. The smallest absolute Gasteiger partial charge is 0.386 e. The fraction of sp³-hybridized carbons (Fsp3) is 0.400. The van der Waals surface area contributed by atoms with E-state index < -0.39 is 17.5 Å². The molecule has 122 valence electrons. The quantitative estimate of drug-likeness (QED) is 0.940. The molecular formula is C15H15F3N4O. The van der Waals surface area contributed by atoms with Crippen molar-refractivity contribution in [1.82, 2.24) is 15.0 Å². The summed E-state index contributed by atoms with van der Waals surface area (Å²) in [5.41, 5.74) is -1.46. The van der Waals surface area contributed by atoms with Gasteiger partial charge in [0, 0.05) is 37.1 Å². The summed E-state index contributed by atoms with van der Waals surface area (Å²) in [5, 5.41) is 10.0. The van der Waals surface area contributed by atoms with Gasteiger partial charge in [0.1, 0.15) is 5.82 Å². The van der Waals surface area contributed by atoms with E-state index in [0.717, 1.165) is 6.07 Å². The standard InChI is InChI=1S/C15H15F3N4O/c1-2-14(23)8-22(9-14)12-6-11(15(16,17)18)20-13(21-12)10-4-3-5-19-7-10/h3-7,23H,2,8-9H2,1H3. The van der Waals surface area contributed by atoms with Crippen molar-refractivity contribution in [3.8, 4) is 11.4 Å². The summed E-state index contributed by atoms with van der Waals surface area (Å²) in [5.74, 6) is 0.124. The van der Waals surface area contributed by atoms with Gasteiger partial charge >= 0.3 is 6.18 Å². The van der Waals surface area contributed by atoms with E-state index in [1.165, 1.54) is 12.4 Å². The Balaban J connectivity index is 2.00. The number of rotatable bonds is 3. The van der Waals surface area contributed by atoms with Crippen LogP contribution < -0.4 is 4.90 Å². The fourth-order valence-corrected chi connectivity index (χ4v) is 2.42. The Kier molecular flexibility index (Phi) is 3.71. The molecular weight excluding hydrogens is 309 g/mol. The van der Waals surface area contributed by atoms with Gasteiger partial charge in [0.25, 0.3) is 0 Å². The van der Waals surface area contributed by atoms with Gasteiger partial charge in [-0.05, 0) is 18.6 Å². The second-order valence-electron chi connectivity index (χ2n) is 5.61. The van der Waals surface area contributed by atoms with Gasteiger partial charge in [-0.3, -0.25) is 4.98 Å². The Hall–Kier alpha value is -2.22. The molecule has 0 atom stereocenters. The molecule has 1 aliphatic heterocycles. The lowest BCUT2D eigenvalue weighted by molar-refractivity contribution is -0.141. The van der Waals surface area contributed by atoms with E-state index in [-0.39, 0.29) is 24.7 Å². The van der Waals surface area contributed by atoms with Gasteiger partial charge in [0.05, 0.1) is 5.60 Å². The molecule has 0 bridgehead atoms. The van der Waals surface area contributed by atoms with Gasteiger partial charge in [0.2, 0.25) is 0 Å². The van der Waals surface area contributed by atoms with Crippen molar-refractivity contribution in [3.05, 3.63) is 36.3 Å². The summed E-state index contributed by atoms with van der Waals surface area (Å²) in [6.07, 6.45) is -1.09. The van der Waals surface area contributed by atoms with Crippen molar-refractivity contribution in [1.29, 1.82) is 0 Å². The molecule has 1 N–H and O–H groups in total. The summed E-state index contributed by atoms with van der Waals surface area (Å²) in [6.45, 7) is 2.34. The Bertz CT molecular complexity index is 700. The van der Waals surface area contributed by atoms with Crippen LogP contribution in [0.3, 0.4) is 0 Å². The number of aromatic nitrogens is 3. The minimum Gasteiger partial charge on any atom is -0.386 e. The number of alkyl halides is 3. The van der Waals surface area contributed by atoms with Crippen molar-refractivity contribution in [2.45, 2.75) is 25.1 Å². The van der Waals surface area contributed by atoms with Crippen molar-refractivity contribution in [2.24, 2.45) is 0 Å². The van der Waals surface area contributed by atoms with Gasteiger partial charge in [-0.1, -0.05) is 6.92 Å². The molecule has 1 fully saturated rings. The molecule has 8 heteroatoms. The predicted molar refractivity (Wildman–Crippen MR) is 77.7 cm³/mol. The zero-order chi connectivity index (χ0) is 16.7. The zero-order valence-corrected chi connectivity index (χ0v) is 12.4. The van der Waals surface area contributed by atoms with Crippen LogP contribution in [0.2, 0.25) is 0 Å². The van der Waals surface area contributed by atoms with E-state index >= 15 is 0 Å². The third-order valence-corrected chi connectivity index (χ3v) is 3.88. The highest BCUT2D eigenvalue weighted by atomic mass is 19.4. The van der Waals surface area contributed by atoms with Crippen molar-refractivity contribution in [2.75, 3.05) is 18.0 Å². The van der Waals surface area contributed by atoms with E-state index in [9.17, 15) is 18.3 Å². The topological polar surface area (TPSA) is 62.1 Å². The first-order valence-corrected chi connectivity index (χ1v) is 7.15. The summed E-state index contributed by atoms with van der Waals surface area (Å²) >= 11 is 0. The van der Waals surface area contributed by atoms with Crippen LogP contribution in [0.15, 0.2) is 30.6 Å². The highest BCUT2D eigenvalue weighted by Gasteiger charge is 2.41. The predicted octanol–water partition coefficient (Wildman–Crippen LogP) is 2.52. The number of β-amino-alcohol motifs (C(OH)–C–C–N with tert-alkyl or cyclic N) is 1. The summed E-state index contributed by atoms with van der Waals surface area (Å²) in [4.78, 5) is 13.3. The van der Waals surface area contributed by atoms with Crippen molar-refractivity contribution in [3.63, 3.8) is 0 Å². The normalized spacial score (nSPS) is 17.0. The Labute approximate surface area is 130 Å². The minimum absolute atomic E-state index is 0.0325. The number of hydrogen-bond donors (Lipinski definition) is 1. The van der Waals surface area contributed by atoms with Crippen LogP contribution in [-0.4, -0.2) is 38.7 Å². The summed E-state index contributed by atoms with van der Waals surface area (Å²) < 4.78 is 39.3. The molecule has 0 spiro atoms. The monoisotopic (exact) mass is 324 g/mol. The summed E-state index contributed by atoms with van der Waals surface area (Å²) in [6, 6.07) is 4.12. The molecule has 0 aliphatic carbocycles. The number of nitrogens with zero attached hydrogens (tertiary/aromatic N) is 4. The van der Waals surface area contributed by atoms with Crippen molar-refractivity contribution < 1.29 is 18.3 Å². The number of hydrogen-bond acceptors (Lipinski definition) is 5. The Morgan fingerprint density at radius 3 is 2.61 bits per heavy atom. The molecule has 23 heavy (non-hydrogen) atoms. The van der Waals surface area contributed by atoms with E-state index in [2.05, 4.69) is 15.0 Å². The third-order valence-electron chi connectivity index (χ3n) is 3.88. The summed E-state index contributed by atoms with van der Waals surface area (Å²) in [7, 11) is 0. The maximum Gasteiger partial charge on any atom is 0.433 e. The highest BCUT2D eigenvalue weighted by Crippen LogP contribution is 2.34. The molecule has 0 radical (unpaired) electrons. The van der Waals surface area contributed by atoms with Gasteiger partial charge < -0.3 is 10.0 Å². The molecule has 5 nitrogen and oxygen atoms in total. The number of aliphatic hydroxyl groups is 1. The number of anilines is 1. The first kappa shape index (κ1) is 15.7. The lowest BCUT2D eigenvalue weighted by atomic mass is 9.91. The van der Waals surface area contributed by atoms with Crippen molar-refractivity contribution >= 4 is 5.82 Å². The van der Waals surface area contributed by atoms with Gasteiger partial charge in [-0.2, -0.15) is 13.2 Å². The highest BCUT2D eigenvalue weighted by molar-refractivity contribution is 5.58. The first-order valence-electron chi connectivity index (χ1n) is 7.15. The van der Waals surface area contributed by atoms with Crippen LogP contribution in [0.5, 0.6) is 0 Å². The van der Waals surface area contributed by atoms with Crippen LogP contribution in [-0.2, 0) is 6.18 Å².